The molecule has 2 aromatic heterocycles. The van der Waals surface area contributed by atoms with E-state index in [1.54, 1.807) is 17.7 Å². The number of nitrogens with zero attached hydrogens (tertiary/aromatic N) is 2. The fraction of sp³-hybridized carbons (Fsp3) is 0.350. The lowest BCUT2D eigenvalue weighted by molar-refractivity contribution is -0.121. The number of rotatable bonds is 5. The van der Waals surface area contributed by atoms with Crippen LogP contribution in [0, 0.1) is 13.8 Å². The molecule has 1 saturated carbocycles. The molecule has 3 aromatic rings. The lowest BCUT2D eigenvalue weighted by atomic mass is 9.72. The summed E-state index contributed by atoms with van der Waals surface area (Å²) in [5.74, 6) is 0.435. The topological polar surface area (TPSA) is 54.9 Å². The number of fused-ring (bicyclic) bond motifs is 1. The molecule has 4 rings (SSSR count). The fourth-order valence-corrected chi connectivity index (χ4v) is 5.39. The van der Waals surface area contributed by atoms with Gasteiger partial charge in [0.15, 0.2) is 0 Å². The van der Waals surface area contributed by atoms with Crippen LogP contribution in [0.15, 0.2) is 41.7 Å². The molecule has 0 bridgehead atoms. The van der Waals surface area contributed by atoms with Crippen molar-refractivity contribution in [3.05, 3.63) is 52.7 Å². The summed E-state index contributed by atoms with van der Waals surface area (Å²) in [6, 6.07) is 10.3. The van der Waals surface area contributed by atoms with Gasteiger partial charge < -0.3 is 5.32 Å². The van der Waals surface area contributed by atoms with E-state index in [1.807, 2.05) is 18.2 Å². The monoisotopic (exact) mass is 383 g/mol. The van der Waals surface area contributed by atoms with Crippen LogP contribution in [-0.4, -0.2) is 21.6 Å². The van der Waals surface area contributed by atoms with Gasteiger partial charge in [-0.1, -0.05) is 42.1 Å². The molecule has 1 aromatic carbocycles. The van der Waals surface area contributed by atoms with Crippen LogP contribution in [-0.2, 0) is 10.3 Å². The number of aryl methyl sites for hydroxylation is 2. The van der Waals surface area contributed by atoms with Crippen LogP contribution in [0.5, 0.6) is 0 Å². The van der Waals surface area contributed by atoms with Crippen LogP contribution in [0.2, 0.25) is 0 Å². The molecule has 4 nitrogen and oxygen atoms in total. The van der Waals surface area contributed by atoms with Gasteiger partial charge in [-0.2, -0.15) is 0 Å². The van der Waals surface area contributed by atoms with Gasteiger partial charge in [-0.15, -0.1) is 11.3 Å². The molecule has 0 aliphatic heterocycles. The second kappa shape index (κ2) is 7.00. The number of carbonyl (C=O) groups excluding carboxylic acids is 1. The van der Waals surface area contributed by atoms with E-state index in [4.69, 9.17) is 0 Å². The van der Waals surface area contributed by atoms with Crippen molar-refractivity contribution in [2.45, 2.75) is 43.7 Å². The highest BCUT2D eigenvalue weighted by Crippen LogP contribution is 2.41. The average Bonchev–Trinajstić information content (AvgIpc) is 2.92. The molecule has 1 N–H and O–H groups in total. The minimum atomic E-state index is -0.186. The SMILES string of the molecule is Cc1sc2ncnc(SCC(=O)NC3(c4ccccc4)CCC3)c2c1C. The third-order valence-electron chi connectivity index (χ3n) is 5.18. The quantitative estimate of drug-likeness (QED) is 0.517. The number of aromatic nitrogens is 2. The smallest absolute Gasteiger partial charge is 0.231 e. The van der Waals surface area contributed by atoms with Gasteiger partial charge in [0.05, 0.1) is 11.3 Å². The minimum absolute atomic E-state index is 0.0647. The lowest BCUT2D eigenvalue weighted by Crippen LogP contribution is -2.51. The van der Waals surface area contributed by atoms with Gasteiger partial charge in [-0.25, -0.2) is 9.97 Å². The molecule has 26 heavy (non-hydrogen) atoms. The van der Waals surface area contributed by atoms with Crippen LogP contribution in [0.1, 0.15) is 35.3 Å². The van der Waals surface area contributed by atoms with E-state index in [2.05, 4.69) is 41.3 Å². The normalized spacial score (nSPS) is 15.6. The van der Waals surface area contributed by atoms with Crippen molar-refractivity contribution in [2.75, 3.05) is 5.75 Å². The number of amides is 1. The number of hydrogen-bond acceptors (Lipinski definition) is 5. The number of carbonyl (C=O) groups is 1. The second-order valence-corrected chi connectivity index (χ2v) is 8.95. The van der Waals surface area contributed by atoms with Gasteiger partial charge in [0.25, 0.3) is 0 Å². The molecule has 1 aliphatic rings. The largest absolute Gasteiger partial charge is 0.346 e. The number of thioether (sulfide) groups is 1. The van der Waals surface area contributed by atoms with Crippen molar-refractivity contribution in [3.8, 4) is 0 Å². The fourth-order valence-electron chi connectivity index (χ4n) is 3.47. The van der Waals surface area contributed by atoms with E-state index < -0.39 is 0 Å². The highest BCUT2D eigenvalue weighted by Gasteiger charge is 2.39. The summed E-state index contributed by atoms with van der Waals surface area (Å²) in [4.78, 5) is 23.7. The molecular formula is C20H21N3OS2. The molecule has 134 valence electrons. The zero-order chi connectivity index (χ0) is 18.1. The minimum Gasteiger partial charge on any atom is -0.346 e. The van der Waals surface area contributed by atoms with Gasteiger partial charge in [0.1, 0.15) is 16.2 Å². The van der Waals surface area contributed by atoms with E-state index >= 15 is 0 Å². The molecule has 0 spiro atoms. The van der Waals surface area contributed by atoms with Gasteiger partial charge in [-0.05, 0) is 44.2 Å². The standard InChI is InChI=1S/C20H21N3OS2/c1-13-14(2)26-19-17(13)18(21-12-22-19)25-11-16(24)23-20(9-6-10-20)15-7-4-3-5-8-15/h3-5,7-8,12H,6,9-11H2,1-2H3,(H,23,24). The van der Waals surface area contributed by atoms with Gasteiger partial charge in [0.2, 0.25) is 5.91 Å². The highest BCUT2D eigenvalue weighted by molar-refractivity contribution is 8.00. The summed E-state index contributed by atoms with van der Waals surface area (Å²) < 4.78 is 0. The molecule has 1 fully saturated rings. The number of nitrogens with one attached hydrogen (secondary N) is 1. The van der Waals surface area contributed by atoms with E-state index in [0.29, 0.717) is 5.75 Å². The molecule has 6 heteroatoms. The van der Waals surface area contributed by atoms with E-state index in [1.165, 1.54) is 27.8 Å². The summed E-state index contributed by atoms with van der Waals surface area (Å²) in [7, 11) is 0. The van der Waals surface area contributed by atoms with Crippen molar-refractivity contribution in [1.82, 2.24) is 15.3 Å². The van der Waals surface area contributed by atoms with Crippen molar-refractivity contribution in [3.63, 3.8) is 0 Å². The first-order chi connectivity index (χ1) is 12.6. The first kappa shape index (κ1) is 17.5. The Morgan fingerprint density at radius 1 is 1.23 bits per heavy atom. The van der Waals surface area contributed by atoms with Crippen molar-refractivity contribution in [2.24, 2.45) is 0 Å². The predicted octanol–water partition coefficient (Wildman–Crippen LogP) is 4.60. The van der Waals surface area contributed by atoms with Gasteiger partial charge >= 0.3 is 0 Å². The Morgan fingerprint density at radius 3 is 2.69 bits per heavy atom. The Labute approximate surface area is 161 Å². The second-order valence-electron chi connectivity index (χ2n) is 6.78. The average molecular weight is 384 g/mol. The van der Waals surface area contributed by atoms with Crippen molar-refractivity contribution >= 4 is 39.2 Å². The maximum absolute atomic E-state index is 12.7. The maximum atomic E-state index is 12.7. The lowest BCUT2D eigenvalue weighted by Gasteiger charge is -2.43. The van der Waals surface area contributed by atoms with E-state index in [0.717, 1.165) is 34.5 Å². The molecule has 0 radical (unpaired) electrons. The van der Waals surface area contributed by atoms with Crippen LogP contribution in [0.4, 0.5) is 0 Å². The van der Waals surface area contributed by atoms with Crippen molar-refractivity contribution in [1.29, 1.82) is 0 Å². The maximum Gasteiger partial charge on any atom is 0.231 e. The molecule has 0 unspecified atom stereocenters. The predicted molar refractivity (Wildman–Crippen MR) is 108 cm³/mol. The van der Waals surface area contributed by atoms with Crippen LogP contribution >= 0.6 is 23.1 Å². The summed E-state index contributed by atoms with van der Waals surface area (Å²) >= 11 is 3.18. The molecule has 0 atom stereocenters. The number of thiophene rings is 1. The Hall–Kier alpha value is -1.92. The Balaban J connectivity index is 1.48. The molecule has 2 heterocycles. The first-order valence-electron chi connectivity index (χ1n) is 8.79. The van der Waals surface area contributed by atoms with Gasteiger partial charge in [0, 0.05) is 10.3 Å². The van der Waals surface area contributed by atoms with Crippen molar-refractivity contribution < 1.29 is 4.79 Å². The summed E-state index contributed by atoms with van der Waals surface area (Å²) in [6.45, 7) is 4.20. The summed E-state index contributed by atoms with van der Waals surface area (Å²) in [5.41, 5.74) is 2.24. The third kappa shape index (κ3) is 3.12. The summed E-state index contributed by atoms with van der Waals surface area (Å²) in [5, 5.41) is 5.27. The highest BCUT2D eigenvalue weighted by atomic mass is 32.2. The van der Waals surface area contributed by atoms with Crippen LogP contribution in [0.25, 0.3) is 10.2 Å². The Morgan fingerprint density at radius 2 is 2.00 bits per heavy atom. The first-order valence-corrected chi connectivity index (χ1v) is 10.6. The summed E-state index contributed by atoms with van der Waals surface area (Å²) in [6.07, 6.45) is 4.76. The van der Waals surface area contributed by atoms with E-state index in [-0.39, 0.29) is 11.4 Å². The van der Waals surface area contributed by atoms with Crippen LogP contribution < -0.4 is 5.32 Å². The molecule has 0 saturated heterocycles. The molecular weight excluding hydrogens is 362 g/mol. The Kier molecular flexibility index (Phi) is 4.71. The third-order valence-corrected chi connectivity index (χ3v) is 7.29. The zero-order valence-corrected chi connectivity index (χ0v) is 16.5. The van der Waals surface area contributed by atoms with Crippen LogP contribution in [0.3, 0.4) is 0 Å². The zero-order valence-electron chi connectivity index (χ0n) is 14.9. The number of benzene rings is 1. The van der Waals surface area contributed by atoms with E-state index in [9.17, 15) is 4.79 Å². The Bertz CT molecular complexity index is 948. The molecule has 1 aliphatic carbocycles. The molecule has 1 amide bonds. The van der Waals surface area contributed by atoms with Gasteiger partial charge in [-0.3, -0.25) is 4.79 Å². The number of hydrogen-bond donors (Lipinski definition) is 1.